The fourth-order valence-electron chi connectivity index (χ4n) is 0.946. The second-order valence-electron chi connectivity index (χ2n) is 2.73. The molecule has 3 heteroatoms. The Bertz CT molecular complexity index is 354. The molecule has 2 N–H and O–H groups in total. The Labute approximate surface area is 75.9 Å². The molecule has 68 valence electrons. The van der Waals surface area contributed by atoms with Gasteiger partial charge in [-0.3, -0.25) is 4.79 Å². The first-order valence-corrected chi connectivity index (χ1v) is 3.84. The van der Waals surface area contributed by atoms with Crippen LogP contribution in [0.5, 0.6) is 0 Å². The number of hydrogen-bond donors (Lipinski definition) is 1. The minimum Gasteiger partial charge on any atom is -0.402 e. The summed E-state index contributed by atoms with van der Waals surface area (Å²) in [6.07, 6.45) is 1.21. The molecule has 1 rings (SSSR count). The summed E-state index contributed by atoms with van der Waals surface area (Å²) in [7, 11) is 0. The normalized spacial score (nSPS) is 11.4. The molecule has 0 heterocycles. The molecule has 1 aromatic carbocycles. The summed E-state index contributed by atoms with van der Waals surface area (Å²) >= 11 is 0. The quantitative estimate of drug-likeness (QED) is 0.556. The van der Waals surface area contributed by atoms with Crippen molar-refractivity contribution in [2.24, 2.45) is 5.73 Å². The number of ketones is 1. The number of rotatable bonds is 2. The van der Waals surface area contributed by atoms with Crippen molar-refractivity contribution in [1.29, 1.82) is 0 Å². The lowest BCUT2D eigenvalue weighted by Crippen LogP contribution is -2.02. The summed E-state index contributed by atoms with van der Waals surface area (Å²) in [6, 6.07) is 5.81. The third-order valence-electron chi connectivity index (χ3n) is 1.50. The second kappa shape index (κ2) is 3.85. The molecular formula is C10H10FNO. The average molecular weight is 179 g/mol. The highest BCUT2D eigenvalue weighted by Gasteiger charge is 2.07. The fourth-order valence-corrected chi connectivity index (χ4v) is 0.946. The molecule has 0 spiro atoms. The Morgan fingerprint density at radius 1 is 1.46 bits per heavy atom. The van der Waals surface area contributed by atoms with Crippen LogP contribution < -0.4 is 5.73 Å². The topological polar surface area (TPSA) is 43.1 Å². The predicted octanol–water partition coefficient (Wildman–Crippen LogP) is 1.87. The van der Waals surface area contributed by atoms with Gasteiger partial charge >= 0.3 is 0 Å². The van der Waals surface area contributed by atoms with Crippen LogP contribution in [0.25, 0.3) is 0 Å². The Hall–Kier alpha value is -1.64. The first-order valence-electron chi connectivity index (χ1n) is 3.84. The number of nitrogens with two attached hydrogens (primary N) is 1. The van der Waals surface area contributed by atoms with E-state index >= 15 is 0 Å². The zero-order valence-corrected chi connectivity index (χ0v) is 7.25. The van der Waals surface area contributed by atoms with Gasteiger partial charge in [-0.2, -0.15) is 0 Å². The van der Waals surface area contributed by atoms with Gasteiger partial charge in [-0.1, -0.05) is 12.1 Å². The summed E-state index contributed by atoms with van der Waals surface area (Å²) < 4.78 is 13.0. The number of benzene rings is 1. The zero-order chi connectivity index (χ0) is 9.84. The lowest BCUT2D eigenvalue weighted by Gasteiger charge is -1.97. The summed E-state index contributed by atoms with van der Waals surface area (Å²) in [4.78, 5) is 11.3. The summed E-state index contributed by atoms with van der Waals surface area (Å²) in [5.41, 5.74) is 5.72. The van der Waals surface area contributed by atoms with Gasteiger partial charge in [0, 0.05) is 11.8 Å². The lowest BCUT2D eigenvalue weighted by molar-refractivity contribution is 0.104. The number of carbonyl (C=O) groups is 1. The molecule has 0 fully saturated rings. The van der Waals surface area contributed by atoms with Gasteiger partial charge < -0.3 is 5.73 Å². The van der Waals surface area contributed by atoms with Gasteiger partial charge in [-0.05, 0) is 19.1 Å². The van der Waals surface area contributed by atoms with Crippen molar-refractivity contribution in [3.8, 4) is 0 Å². The molecule has 0 bridgehead atoms. The summed E-state index contributed by atoms with van der Waals surface area (Å²) in [6.45, 7) is 1.58. The van der Waals surface area contributed by atoms with Crippen LogP contribution in [0, 0.1) is 5.82 Å². The van der Waals surface area contributed by atoms with Crippen LogP contribution in [0.4, 0.5) is 4.39 Å². The van der Waals surface area contributed by atoms with Crippen LogP contribution in [0.1, 0.15) is 17.3 Å². The number of allylic oxidation sites excluding steroid dienone is 2. The highest BCUT2D eigenvalue weighted by atomic mass is 19.1. The molecule has 0 saturated carbocycles. The number of hydrogen-bond acceptors (Lipinski definition) is 2. The molecule has 0 atom stereocenters. The first kappa shape index (κ1) is 9.45. The van der Waals surface area contributed by atoms with Gasteiger partial charge in [0.2, 0.25) is 0 Å². The van der Waals surface area contributed by atoms with Crippen molar-refractivity contribution in [2.75, 3.05) is 0 Å². The maximum atomic E-state index is 13.0. The standard InChI is InChI=1S/C10H10FNO/c1-7(12)6-10(13)8-4-2-3-5-9(8)11/h2-6H,12H2,1H3/b7-6-. The Kier molecular flexibility index (Phi) is 2.80. The SMILES string of the molecule is C/C(N)=C/C(=O)c1ccccc1F. The van der Waals surface area contributed by atoms with Gasteiger partial charge in [0.05, 0.1) is 5.56 Å². The van der Waals surface area contributed by atoms with Crippen LogP contribution in [0.2, 0.25) is 0 Å². The molecule has 0 aliphatic carbocycles. The molecule has 0 amide bonds. The van der Waals surface area contributed by atoms with Gasteiger partial charge in [0.15, 0.2) is 5.78 Å². The van der Waals surface area contributed by atoms with Crippen LogP contribution in [0.3, 0.4) is 0 Å². The van der Waals surface area contributed by atoms with Gasteiger partial charge in [0.1, 0.15) is 5.82 Å². The zero-order valence-electron chi connectivity index (χ0n) is 7.25. The van der Waals surface area contributed by atoms with E-state index in [-0.39, 0.29) is 5.56 Å². The van der Waals surface area contributed by atoms with Crippen LogP contribution in [-0.4, -0.2) is 5.78 Å². The maximum Gasteiger partial charge on any atom is 0.190 e. The molecule has 0 unspecified atom stereocenters. The van der Waals surface area contributed by atoms with Gasteiger partial charge in [0.25, 0.3) is 0 Å². The van der Waals surface area contributed by atoms with Crippen molar-refractivity contribution in [1.82, 2.24) is 0 Å². The molecular weight excluding hydrogens is 169 g/mol. The number of carbonyl (C=O) groups excluding carboxylic acids is 1. The van der Waals surface area contributed by atoms with Gasteiger partial charge in [-0.25, -0.2) is 4.39 Å². The summed E-state index contributed by atoms with van der Waals surface area (Å²) in [5, 5.41) is 0. The van der Waals surface area contributed by atoms with E-state index in [1.54, 1.807) is 13.0 Å². The van der Waals surface area contributed by atoms with E-state index < -0.39 is 11.6 Å². The van der Waals surface area contributed by atoms with Crippen molar-refractivity contribution >= 4 is 5.78 Å². The van der Waals surface area contributed by atoms with Crippen molar-refractivity contribution < 1.29 is 9.18 Å². The van der Waals surface area contributed by atoms with E-state index in [1.807, 2.05) is 0 Å². The molecule has 0 aromatic heterocycles. The lowest BCUT2D eigenvalue weighted by atomic mass is 10.1. The highest BCUT2D eigenvalue weighted by molar-refractivity contribution is 6.04. The summed E-state index contributed by atoms with van der Waals surface area (Å²) in [5.74, 6) is -0.928. The Morgan fingerprint density at radius 2 is 2.08 bits per heavy atom. The number of halogens is 1. The van der Waals surface area contributed by atoms with Crippen molar-refractivity contribution in [3.63, 3.8) is 0 Å². The molecule has 1 aromatic rings. The smallest absolute Gasteiger partial charge is 0.190 e. The third-order valence-corrected chi connectivity index (χ3v) is 1.50. The molecule has 13 heavy (non-hydrogen) atoms. The first-order chi connectivity index (χ1) is 6.11. The van der Waals surface area contributed by atoms with E-state index in [4.69, 9.17) is 5.73 Å². The monoisotopic (exact) mass is 179 g/mol. The van der Waals surface area contributed by atoms with Crippen molar-refractivity contribution in [2.45, 2.75) is 6.92 Å². The van der Waals surface area contributed by atoms with Gasteiger partial charge in [-0.15, -0.1) is 0 Å². The largest absolute Gasteiger partial charge is 0.402 e. The average Bonchev–Trinajstić information content (AvgIpc) is 2.03. The fraction of sp³-hybridized carbons (Fsp3) is 0.100. The highest BCUT2D eigenvalue weighted by Crippen LogP contribution is 2.07. The van der Waals surface area contributed by atoms with E-state index in [0.717, 1.165) is 0 Å². The van der Waals surface area contributed by atoms with Crippen molar-refractivity contribution in [3.05, 3.63) is 47.4 Å². The second-order valence-corrected chi connectivity index (χ2v) is 2.73. The van der Waals surface area contributed by atoms with E-state index in [2.05, 4.69) is 0 Å². The Morgan fingerprint density at radius 3 is 2.62 bits per heavy atom. The predicted molar refractivity (Wildman–Crippen MR) is 48.7 cm³/mol. The molecule has 0 aliphatic rings. The molecule has 0 radical (unpaired) electrons. The van der Waals surface area contributed by atoms with Crippen LogP contribution >= 0.6 is 0 Å². The molecule has 0 aliphatic heterocycles. The Balaban J connectivity index is 3.03. The van der Waals surface area contributed by atoms with Crippen LogP contribution in [0.15, 0.2) is 36.0 Å². The minimum absolute atomic E-state index is 0.0484. The third kappa shape index (κ3) is 2.40. The van der Waals surface area contributed by atoms with Crippen LogP contribution in [-0.2, 0) is 0 Å². The van der Waals surface area contributed by atoms with E-state index in [1.165, 1.54) is 24.3 Å². The van der Waals surface area contributed by atoms with E-state index in [9.17, 15) is 9.18 Å². The maximum absolute atomic E-state index is 13.0. The minimum atomic E-state index is -0.523. The van der Waals surface area contributed by atoms with E-state index in [0.29, 0.717) is 5.70 Å². The molecule has 0 saturated heterocycles. The molecule has 2 nitrogen and oxygen atoms in total.